The van der Waals surface area contributed by atoms with Gasteiger partial charge in [0, 0.05) is 35.8 Å². The quantitative estimate of drug-likeness (QED) is 0.192. The molecule has 0 radical (unpaired) electrons. The number of aliphatic hydroxyl groups excluding tert-OH is 1. The van der Waals surface area contributed by atoms with Crippen LogP contribution in [0.15, 0.2) is 88.6 Å². The van der Waals surface area contributed by atoms with Gasteiger partial charge in [0.05, 0.1) is 16.7 Å². The number of unbranched alkanes of at least 4 members (excludes halogenated alkanes) is 2. The molecule has 0 saturated carbocycles. The lowest BCUT2D eigenvalue weighted by molar-refractivity contribution is 0.174. The number of nitrogens with one attached hydrogen (secondary N) is 2. The highest BCUT2D eigenvalue weighted by Gasteiger charge is 2.15. The fourth-order valence-corrected chi connectivity index (χ4v) is 5.06. The van der Waals surface area contributed by atoms with Crippen molar-refractivity contribution in [1.29, 1.82) is 0 Å². The van der Waals surface area contributed by atoms with E-state index in [2.05, 4.69) is 26.9 Å². The maximum absolute atomic E-state index is 12.9. The van der Waals surface area contributed by atoms with E-state index in [-0.39, 0.29) is 4.90 Å². The fraction of sp³-hybridized carbons (Fsp3) is 0.310. The van der Waals surface area contributed by atoms with Gasteiger partial charge in [-0.1, -0.05) is 38.0 Å². The van der Waals surface area contributed by atoms with Crippen molar-refractivity contribution in [1.82, 2.24) is 15.3 Å². The van der Waals surface area contributed by atoms with Crippen LogP contribution < -0.4 is 10.0 Å². The van der Waals surface area contributed by atoms with E-state index >= 15 is 0 Å². The number of sulfonamides is 1. The summed E-state index contributed by atoms with van der Waals surface area (Å²) in [5.41, 5.74) is 3.96. The molecular weight excluding hydrogens is 500 g/mol. The molecule has 0 bridgehead atoms. The van der Waals surface area contributed by atoms with E-state index < -0.39 is 16.1 Å². The van der Waals surface area contributed by atoms with Crippen LogP contribution in [-0.4, -0.2) is 36.6 Å². The summed E-state index contributed by atoms with van der Waals surface area (Å²) in [5, 5.41) is 13.4. The SMILES string of the molecule is CCCCCc1coc(-c2ccc(S(=O)(=O)Nc3ccc(CCNCC(O)c4cccnc4)cc3)cc2)n1. The molecule has 38 heavy (non-hydrogen) atoms. The molecule has 0 aliphatic heterocycles. The summed E-state index contributed by atoms with van der Waals surface area (Å²) in [6.07, 6.45) is 9.37. The highest BCUT2D eigenvalue weighted by Crippen LogP contribution is 2.23. The molecule has 9 heteroatoms. The second-order valence-electron chi connectivity index (χ2n) is 9.18. The van der Waals surface area contributed by atoms with Crippen molar-refractivity contribution in [3.63, 3.8) is 0 Å². The summed E-state index contributed by atoms with van der Waals surface area (Å²) in [7, 11) is -3.74. The predicted molar refractivity (Wildman–Crippen MR) is 148 cm³/mol. The minimum absolute atomic E-state index is 0.163. The van der Waals surface area contributed by atoms with Gasteiger partial charge in [0.2, 0.25) is 5.89 Å². The number of hydrogen-bond acceptors (Lipinski definition) is 7. The number of hydrogen-bond donors (Lipinski definition) is 3. The first-order valence-electron chi connectivity index (χ1n) is 12.9. The van der Waals surface area contributed by atoms with Crippen LogP contribution in [0.1, 0.15) is 49.1 Å². The van der Waals surface area contributed by atoms with Gasteiger partial charge >= 0.3 is 0 Å². The molecule has 1 unspecified atom stereocenters. The Hall–Kier alpha value is -3.53. The van der Waals surface area contributed by atoms with Gasteiger partial charge in [-0.25, -0.2) is 13.4 Å². The highest BCUT2D eigenvalue weighted by atomic mass is 32.2. The van der Waals surface area contributed by atoms with Gasteiger partial charge in [-0.3, -0.25) is 9.71 Å². The number of aliphatic hydroxyl groups is 1. The molecule has 2 heterocycles. The smallest absolute Gasteiger partial charge is 0.261 e. The van der Waals surface area contributed by atoms with Crippen molar-refractivity contribution >= 4 is 15.7 Å². The molecular formula is C29H34N4O4S. The van der Waals surface area contributed by atoms with Gasteiger partial charge in [0.25, 0.3) is 10.0 Å². The molecule has 0 amide bonds. The maximum Gasteiger partial charge on any atom is 0.261 e. The standard InChI is InChI=1S/C29H34N4O4S/c1-2-3-4-7-26-21-37-29(32-26)23-10-14-27(15-11-23)38(35,36)33-25-12-8-22(9-13-25)16-18-31-20-28(34)24-6-5-17-30-19-24/h5-6,8-15,17,19,21,28,31,33-34H,2-4,7,16,18,20H2,1H3. The van der Waals surface area contributed by atoms with E-state index in [9.17, 15) is 13.5 Å². The average molecular weight is 535 g/mol. The number of aromatic nitrogens is 2. The topological polar surface area (TPSA) is 117 Å². The Morgan fingerprint density at radius 2 is 1.79 bits per heavy atom. The zero-order valence-corrected chi connectivity index (χ0v) is 22.3. The summed E-state index contributed by atoms with van der Waals surface area (Å²) in [6.45, 7) is 3.27. The first-order valence-corrected chi connectivity index (χ1v) is 14.4. The van der Waals surface area contributed by atoms with Gasteiger partial charge in [0.1, 0.15) is 6.26 Å². The lowest BCUT2D eigenvalue weighted by atomic mass is 10.1. The number of anilines is 1. The van der Waals surface area contributed by atoms with Gasteiger partial charge in [0.15, 0.2) is 0 Å². The number of benzene rings is 2. The van der Waals surface area contributed by atoms with Crippen LogP contribution in [-0.2, 0) is 22.9 Å². The molecule has 2 aromatic heterocycles. The molecule has 200 valence electrons. The second kappa shape index (κ2) is 13.3. The summed E-state index contributed by atoms with van der Waals surface area (Å²) in [5.74, 6) is 0.491. The molecule has 2 aromatic carbocycles. The Bertz CT molecular complexity index is 1370. The van der Waals surface area contributed by atoms with Gasteiger partial charge in [-0.2, -0.15) is 0 Å². The Morgan fingerprint density at radius 1 is 1.00 bits per heavy atom. The van der Waals surface area contributed by atoms with Crippen LogP contribution in [0, 0.1) is 0 Å². The minimum Gasteiger partial charge on any atom is -0.444 e. The first kappa shape index (κ1) is 27.5. The lowest BCUT2D eigenvalue weighted by Crippen LogP contribution is -2.23. The fourth-order valence-electron chi connectivity index (χ4n) is 4.00. The Balaban J connectivity index is 1.27. The molecule has 0 aliphatic rings. The highest BCUT2D eigenvalue weighted by molar-refractivity contribution is 7.92. The monoisotopic (exact) mass is 534 g/mol. The molecule has 0 spiro atoms. The zero-order chi connectivity index (χ0) is 26.8. The number of oxazole rings is 1. The van der Waals surface area contributed by atoms with Crippen molar-refractivity contribution in [2.45, 2.75) is 50.0 Å². The van der Waals surface area contributed by atoms with Crippen molar-refractivity contribution in [3.8, 4) is 11.5 Å². The van der Waals surface area contributed by atoms with E-state index in [1.54, 1.807) is 61.1 Å². The van der Waals surface area contributed by atoms with Crippen molar-refractivity contribution in [2.75, 3.05) is 17.8 Å². The molecule has 0 fully saturated rings. The van der Waals surface area contributed by atoms with Crippen LogP contribution >= 0.6 is 0 Å². The first-order chi connectivity index (χ1) is 18.4. The third-order valence-corrected chi connectivity index (χ3v) is 7.60. The molecule has 1 atom stereocenters. The normalized spacial score (nSPS) is 12.4. The maximum atomic E-state index is 12.9. The minimum atomic E-state index is -3.74. The molecule has 4 rings (SSSR count). The predicted octanol–water partition coefficient (Wildman–Crippen LogP) is 5.14. The van der Waals surface area contributed by atoms with Crippen LogP contribution in [0.3, 0.4) is 0 Å². The van der Waals surface area contributed by atoms with E-state index in [4.69, 9.17) is 4.42 Å². The lowest BCUT2D eigenvalue weighted by Gasteiger charge is -2.12. The van der Waals surface area contributed by atoms with Crippen LogP contribution in [0.5, 0.6) is 0 Å². The number of aryl methyl sites for hydroxylation is 1. The summed E-state index contributed by atoms with van der Waals surface area (Å²) in [4.78, 5) is 8.70. The Labute approximate surface area is 224 Å². The van der Waals surface area contributed by atoms with E-state index in [1.807, 2.05) is 18.2 Å². The van der Waals surface area contributed by atoms with Gasteiger partial charge in [-0.15, -0.1) is 0 Å². The summed E-state index contributed by atoms with van der Waals surface area (Å²) < 4.78 is 34.0. The Morgan fingerprint density at radius 3 is 2.50 bits per heavy atom. The molecule has 8 nitrogen and oxygen atoms in total. The average Bonchev–Trinajstić information content (AvgIpc) is 3.41. The van der Waals surface area contributed by atoms with Crippen molar-refractivity contribution in [3.05, 3.63) is 96.1 Å². The van der Waals surface area contributed by atoms with E-state index in [0.717, 1.165) is 54.5 Å². The molecule has 0 aliphatic carbocycles. The second-order valence-corrected chi connectivity index (χ2v) is 10.9. The van der Waals surface area contributed by atoms with E-state index in [0.29, 0.717) is 24.7 Å². The zero-order valence-electron chi connectivity index (χ0n) is 21.5. The third-order valence-electron chi connectivity index (χ3n) is 6.20. The van der Waals surface area contributed by atoms with Crippen LogP contribution in [0.25, 0.3) is 11.5 Å². The van der Waals surface area contributed by atoms with Crippen molar-refractivity contribution in [2.24, 2.45) is 0 Å². The van der Waals surface area contributed by atoms with Crippen molar-refractivity contribution < 1.29 is 17.9 Å². The van der Waals surface area contributed by atoms with Gasteiger partial charge in [-0.05, 0) is 73.8 Å². The number of nitrogens with zero attached hydrogens (tertiary/aromatic N) is 2. The molecule has 4 aromatic rings. The molecule has 3 N–H and O–H groups in total. The molecule has 0 saturated heterocycles. The largest absolute Gasteiger partial charge is 0.444 e. The van der Waals surface area contributed by atoms with Crippen LogP contribution in [0.4, 0.5) is 5.69 Å². The van der Waals surface area contributed by atoms with E-state index in [1.165, 1.54) is 0 Å². The summed E-state index contributed by atoms with van der Waals surface area (Å²) >= 11 is 0. The Kier molecular flexibility index (Phi) is 9.64. The van der Waals surface area contributed by atoms with Crippen LogP contribution in [0.2, 0.25) is 0 Å². The number of rotatable bonds is 14. The van der Waals surface area contributed by atoms with Gasteiger partial charge < -0.3 is 14.8 Å². The third kappa shape index (κ3) is 7.74. The number of pyridine rings is 1. The summed E-state index contributed by atoms with van der Waals surface area (Å²) in [6, 6.07) is 17.4.